The minimum atomic E-state index is -1.04. The average Bonchev–Trinajstić information content (AvgIpc) is 2.58. The van der Waals surface area contributed by atoms with Gasteiger partial charge < -0.3 is 19.2 Å². The Morgan fingerprint density at radius 1 is 1.31 bits per heavy atom. The van der Waals surface area contributed by atoms with Crippen molar-refractivity contribution in [2.75, 3.05) is 19.0 Å². The van der Waals surface area contributed by atoms with E-state index in [1.54, 1.807) is 45.5 Å². The molecule has 0 amide bonds. The molecule has 1 aliphatic rings. The number of halogens is 1. The molecule has 0 saturated carbocycles. The molecular formula is C19H29BFO4S. The zero-order valence-electron chi connectivity index (χ0n) is 16.1. The second-order valence-corrected chi connectivity index (χ2v) is 8.67. The number of benzene rings is 1. The second kappa shape index (κ2) is 9.56. The molecule has 1 heterocycles. The van der Waals surface area contributed by atoms with Crippen molar-refractivity contribution in [2.24, 2.45) is 0 Å². The van der Waals surface area contributed by atoms with Crippen molar-refractivity contribution < 1.29 is 23.6 Å². The van der Waals surface area contributed by atoms with Gasteiger partial charge in [-0.25, -0.2) is 4.39 Å². The molecule has 2 rings (SSSR count). The van der Waals surface area contributed by atoms with Gasteiger partial charge in [-0.05, 0) is 64.6 Å². The molecular weight excluding hydrogens is 354 g/mol. The van der Waals surface area contributed by atoms with Crippen LogP contribution in [-0.2, 0) is 14.1 Å². The molecule has 1 aromatic carbocycles. The van der Waals surface area contributed by atoms with Crippen molar-refractivity contribution in [3.63, 3.8) is 0 Å². The van der Waals surface area contributed by atoms with Crippen molar-refractivity contribution in [1.82, 2.24) is 0 Å². The average molecular weight is 383 g/mol. The summed E-state index contributed by atoms with van der Waals surface area (Å²) in [6.45, 7) is 8.21. The summed E-state index contributed by atoms with van der Waals surface area (Å²) in [6, 6.07) is 5.04. The summed E-state index contributed by atoms with van der Waals surface area (Å²) in [5.74, 6) is 0.392. The lowest BCUT2D eigenvalue weighted by molar-refractivity contribution is -0.158. The Kier molecular flexibility index (Phi) is 7.98. The monoisotopic (exact) mass is 383 g/mol. The molecule has 1 saturated heterocycles. The Labute approximate surface area is 161 Å². The Bertz CT molecular complexity index is 571. The third-order valence-electron chi connectivity index (χ3n) is 4.72. The number of aliphatic hydroxyl groups is 1. The molecule has 26 heavy (non-hydrogen) atoms. The van der Waals surface area contributed by atoms with Crippen LogP contribution in [0.15, 0.2) is 23.1 Å². The van der Waals surface area contributed by atoms with Gasteiger partial charge in [-0.15, -0.1) is 11.8 Å². The van der Waals surface area contributed by atoms with E-state index in [0.29, 0.717) is 12.1 Å². The summed E-state index contributed by atoms with van der Waals surface area (Å²) >= 11 is 1.54. The van der Waals surface area contributed by atoms with Crippen LogP contribution in [0, 0.1) is 5.82 Å². The van der Waals surface area contributed by atoms with Crippen LogP contribution in [0.2, 0.25) is 0 Å². The van der Waals surface area contributed by atoms with Crippen LogP contribution in [0.4, 0.5) is 4.39 Å². The second-order valence-electron chi connectivity index (χ2n) is 7.50. The van der Waals surface area contributed by atoms with Gasteiger partial charge in [0.2, 0.25) is 0 Å². The minimum absolute atomic E-state index is 0.0886. The zero-order chi connectivity index (χ0) is 19.2. The standard InChI is InChI=1S/C19H29BFO4S/c1-18(2,22)19(3,4)25-20-15-9-8-14(13-16(15)21)26-12-11-24-17-7-5-6-10-23-17/h8-9,13,17,22H,5-7,10-12H2,1-4H3. The van der Waals surface area contributed by atoms with Crippen LogP contribution in [0.1, 0.15) is 47.0 Å². The molecule has 1 unspecified atom stereocenters. The molecule has 7 heteroatoms. The van der Waals surface area contributed by atoms with Gasteiger partial charge in [-0.1, -0.05) is 6.07 Å². The Morgan fingerprint density at radius 2 is 2.08 bits per heavy atom. The summed E-state index contributed by atoms with van der Waals surface area (Å²) in [4.78, 5) is 0.842. The normalized spacial score (nSPS) is 18.8. The van der Waals surface area contributed by atoms with Crippen molar-refractivity contribution in [2.45, 2.75) is 69.3 Å². The fourth-order valence-corrected chi connectivity index (χ4v) is 3.00. The van der Waals surface area contributed by atoms with Crippen molar-refractivity contribution >= 4 is 24.7 Å². The Hall–Kier alpha value is -0.595. The topological polar surface area (TPSA) is 47.9 Å². The third-order valence-corrected chi connectivity index (χ3v) is 5.68. The Morgan fingerprint density at radius 3 is 2.69 bits per heavy atom. The van der Waals surface area contributed by atoms with Crippen LogP contribution < -0.4 is 5.46 Å². The first-order valence-corrected chi connectivity index (χ1v) is 10.1. The van der Waals surface area contributed by atoms with E-state index in [4.69, 9.17) is 14.1 Å². The van der Waals surface area contributed by atoms with E-state index >= 15 is 0 Å². The number of thioether (sulfide) groups is 1. The number of ether oxygens (including phenoxy) is 2. The molecule has 1 radical (unpaired) electrons. The van der Waals surface area contributed by atoms with Gasteiger partial charge in [0.25, 0.3) is 0 Å². The van der Waals surface area contributed by atoms with Gasteiger partial charge in [-0.2, -0.15) is 0 Å². The molecule has 4 nitrogen and oxygen atoms in total. The molecule has 0 aliphatic carbocycles. The van der Waals surface area contributed by atoms with E-state index in [0.717, 1.165) is 36.5 Å². The van der Waals surface area contributed by atoms with Crippen LogP contribution in [-0.4, -0.2) is 49.0 Å². The molecule has 0 bridgehead atoms. The van der Waals surface area contributed by atoms with Crippen LogP contribution in [0.5, 0.6) is 0 Å². The Balaban J connectivity index is 1.77. The summed E-state index contributed by atoms with van der Waals surface area (Å²) in [5.41, 5.74) is -1.51. The zero-order valence-corrected chi connectivity index (χ0v) is 16.9. The minimum Gasteiger partial charge on any atom is -0.427 e. The smallest absolute Gasteiger partial charge is 0.333 e. The lowest BCUT2D eigenvalue weighted by Crippen LogP contribution is -2.49. The molecule has 1 atom stereocenters. The quantitative estimate of drug-likeness (QED) is 0.403. The molecule has 145 valence electrons. The highest BCUT2D eigenvalue weighted by atomic mass is 32.2. The summed E-state index contributed by atoms with van der Waals surface area (Å²) in [7, 11) is 1.37. The molecule has 0 spiro atoms. The third kappa shape index (κ3) is 6.53. The summed E-state index contributed by atoms with van der Waals surface area (Å²) in [5, 5.41) is 10.1. The van der Waals surface area contributed by atoms with Gasteiger partial charge in [0.15, 0.2) is 6.29 Å². The highest BCUT2D eigenvalue weighted by molar-refractivity contribution is 7.99. The van der Waals surface area contributed by atoms with E-state index in [1.165, 1.54) is 13.5 Å². The van der Waals surface area contributed by atoms with Gasteiger partial charge in [-0.3, -0.25) is 0 Å². The highest BCUT2D eigenvalue weighted by Gasteiger charge is 2.35. The van der Waals surface area contributed by atoms with Crippen molar-refractivity contribution in [1.29, 1.82) is 0 Å². The molecule has 1 aliphatic heterocycles. The first-order valence-electron chi connectivity index (χ1n) is 9.08. The number of hydrogen-bond donors (Lipinski definition) is 1. The van der Waals surface area contributed by atoms with E-state index in [-0.39, 0.29) is 12.1 Å². The summed E-state index contributed by atoms with van der Waals surface area (Å²) in [6.07, 6.45) is 3.11. The predicted octanol–water partition coefficient (Wildman–Crippen LogP) is 3.27. The SMILES string of the molecule is CC(C)(O)C(C)(C)O[B]c1ccc(SCCOC2CCCCO2)cc1F. The van der Waals surface area contributed by atoms with Gasteiger partial charge >= 0.3 is 7.48 Å². The van der Waals surface area contributed by atoms with Crippen LogP contribution in [0.25, 0.3) is 0 Å². The molecule has 1 fully saturated rings. The van der Waals surface area contributed by atoms with E-state index < -0.39 is 11.2 Å². The van der Waals surface area contributed by atoms with Gasteiger partial charge in [0, 0.05) is 17.3 Å². The van der Waals surface area contributed by atoms with Crippen molar-refractivity contribution in [3.05, 3.63) is 24.0 Å². The predicted molar refractivity (Wildman–Crippen MR) is 104 cm³/mol. The van der Waals surface area contributed by atoms with Crippen LogP contribution in [0.3, 0.4) is 0 Å². The van der Waals surface area contributed by atoms with Gasteiger partial charge in [0.1, 0.15) is 5.82 Å². The lowest BCUT2D eigenvalue weighted by Gasteiger charge is -2.37. The van der Waals surface area contributed by atoms with Crippen LogP contribution >= 0.6 is 11.8 Å². The van der Waals surface area contributed by atoms with Gasteiger partial charge in [0.05, 0.1) is 17.8 Å². The van der Waals surface area contributed by atoms with Crippen molar-refractivity contribution in [3.8, 4) is 0 Å². The van der Waals surface area contributed by atoms with E-state index in [1.807, 2.05) is 6.07 Å². The van der Waals surface area contributed by atoms with E-state index in [9.17, 15) is 9.50 Å². The fraction of sp³-hybridized carbons (Fsp3) is 0.684. The summed E-state index contributed by atoms with van der Waals surface area (Å²) < 4.78 is 31.1. The maximum atomic E-state index is 14.3. The van der Waals surface area contributed by atoms with E-state index in [2.05, 4.69) is 0 Å². The molecule has 1 N–H and O–H groups in total. The maximum absolute atomic E-state index is 14.3. The first-order chi connectivity index (χ1) is 12.2. The number of rotatable bonds is 9. The molecule has 0 aromatic heterocycles. The number of hydrogen-bond acceptors (Lipinski definition) is 5. The molecule has 1 aromatic rings. The largest absolute Gasteiger partial charge is 0.427 e. The first kappa shape index (κ1) is 21.7. The highest BCUT2D eigenvalue weighted by Crippen LogP contribution is 2.24. The maximum Gasteiger partial charge on any atom is 0.333 e. The lowest BCUT2D eigenvalue weighted by atomic mass is 9.82. The fourth-order valence-electron chi connectivity index (χ4n) is 2.23.